The lowest BCUT2D eigenvalue weighted by Crippen LogP contribution is -2.29. The normalized spacial score (nSPS) is 13.8. The van der Waals surface area contributed by atoms with E-state index in [-0.39, 0.29) is 18.4 Å². The highest BCUT2D eigenvalue weighted by molar-refractivity contribution is 6.21. The zero-order chi connectivity index (χ0) is 18.8. The Morgan fingerprint density at radius 3 is 2.19 bits per heavy atom. The summed E-state index contributed by atoms with van der Waals surface area (Å²) < 4.78 is 0. The largest absolute Gasteiger partial charge is 0.410 e. The summed E-state index contributed by atoms with van der Waals surface area (Å²) in [6.45, 7) is 0.148. The number of aromatic nitrogens is 1. The average molecular weight is 357 g/mol. The highest BCUT2D eigenvalue weighted by Gasteiger charge is 2.34. The molecule has 27 heavy (non-hydrogen) atoms. The minimum atomic E-state index is -0.300. The van der Waals surface area contributed by atoms with Crippen molar-refractivity contribution in [1.82, 2.24) is 9.88 Å². The molecule has 0 spiro atoms. The summed E-state index contributed by atoms with van der Waals surface area (Å²) in [5.74, 6) is -0.600. The van der Waals surface area contributed by atoms with Crippen LogP contribution in [0.2, 0.25) is 0 Å². The van der Waals surface area contributed by atoms with Gasteiger partial charge in [-0.2, -0.15) is 0 Å². The molecule has 0 radical (unpaired) electrons. The molecule has 0 bridgehead atoms. The van der Waals surface area contributed by atoms with Crippen molar-refractivity contribution >= 4 is 17.5 Å². The average Bonchev–Trinajstić information content (AvgIpc) is 2.95. The monoisotopic (exact) mass is 357 g/mol. The van der Waals surface area contributed by atoms with Gasteiger partial charge in [0.25, 0.3) is 11.8 Å². The highest BCUT2D eigenvalue weighted by atomic mass is 16.4. The number of hydrogen-bond acceptors (Lipinski definition) is 5. The van der Waals surface area contributed by atoms with Crippen LogP contribution in [0, 0.1) is 0 Å². The van der Waals surface area contributed by atoms with E-state index in [0.717, 1.165) is 5.56 Å². The molecule has 1 aliphatic heterocycles. The van der Waals surface area contributed by atoms with E-state index in [1.807, 2.05) is 6.07 Å². The maximum Gasteiger partial charge on any atom is 0.261 e. The van der Waals surface area contributed by atoms with Crippen LogP contribution in [-0.4, -0.2) is 32.6 Å². The van der Waals surface area contributed by atoms with Gasteiger partial charge in [0.05, 0.1) is 17.7 Å². The number of benzene rings is 2. The summed E-state index contributed by atoms with van der Waals surface area (Å²) in [5.41, 5.74) is 3.39. The van der Waals surface area contributed by atoms with Gasteiger partial charge in [-0.05, 0) is 35.9 Å². The quantitative estimate of drug-likeness (QED) is 0.337. The van der Waals surface area contributed by atoms with Crippen LogP contribution < -0.4 is 0 Å². The van der Waals surface area contributed by atoms with Crippen molar-refractivity contribution in [3.05, 3.63) is 101 Å². The predicted octanol–water partition coefficient (Wildman–Crippen LogP) is 3.10. The first kappa shape index (κ1) is 16.7. The van der Waals surface area contributed by atoms with Crippen LogP contribution in [0.5, 0.6) is 0 Å². The van der Waals surface area contributed by atoms with Gasteiger partial charge in [-0.3, -0.25) is 19.5 Å². The van der Waals surface area contributed by atoms with E-state index in [0.29, 0.717) is 28.0 Å². The fourth-order valence-electron chi connectivity index (χ4n) is 3.17. The van der Waals surface area contributed by atoms with Crippen molar-refractivity contribution in [2.45, 2.75) is 6.54 Å². The van der Waals surface area contributed by atoms with Crippen molar-refractivity contribution in [2.24, 2.45) is 5.16 Å². The van der Waals surface area contributed by atoms with E-state index in [4.69, 9.17) is 0 Å². The summed E-state index contributed by atoms with van der Waals surface area (Å²) in [4.78, 5) is 30.3. The molecule has 2 amide bonds. The minimum absolute atomic E-state index is 0.148. The number of pyridine rings is 1. The lowest BCUT2D eigenvalue weighted by atomic mass is 10.0. The fourth-order valence-corrected chi connectivity index (χ4v) is 3.17. The number of oxime groups is 1. The molecule has 0 unspecified atom stereocenters. The van der Waals surface area contributed by atoms with Gasteiger partial charge in [0.15, 0.2) is 0 Å². The summed E-state index contributed by atoms with van der Waals surface area (Å²) in [6, 6.07) is 17.5. The molecule has 3 aromatic rings. The second-order valence-corrected chi connectivity index (χ2v) is 6.13. The number of nitrogens with zero attached hydrogens (tertiary/aromatic N) is 3. The van der Waals surface area contributed by atoms with Crippen LogP contribution in [0.15, 0.2) is 78.2 Å². The smallest absolute Gasteiger partial charge is 0.261 e. The fraction of sp³-hybridized carbons (Fsp3) is 0.0476. The molecule has 2 aromatic carbocycles. The van der Waals surface area contributed by atoms with Gasteiger partial charge in [-0.1, -0.05) is 35.5 Å². The molecule has 1 aliphatic rings. The van der Waals surface area contributed by atoms with Gasteiger partial charge in [0.2, 0.25) is 0 Å². The van der Waals surface area contributed by atoms with E-state index in [1.54, 1.807) is 67.0 Å². The van der Waals surface area contributed by atoms with Crippen LogP contribution in [0.25, 0.3) is 0 Å². The summed E-state index contributed by atoms with van der Waals surface area (Å²) in [7, 11) is 0. The number of fused-ring (bicyclic) bond motifs is 1. The second-order valence-electron chi connectivity index (χ2n) is 6.13. The first-order valence-electron chi connectivity index (χ1n) is 8.36. The van der Waals surface area contributed by atoms with Gasteiger partial charge in [-0.25, -0.2) is 0 Å². The predicted molar refractivity (Wildman–Crippen MR) is 98.8 cm³/mol. The molecule has 2 heterocycles. The number of imide groups is 1. The van der Waals surface area contributed by atoms with Crippen LogP contribution in [0.1, 0.15) is 37.4 Å². The molecule has 0 fully saturated rings. The Morgan fingerprint density at radius 2 is 1.56 bits per heavy atom. The van der Waals surface area contributed by atoms with E-state index in [2.05, 4.69) is 10.1 Å². The Labute approximate surface area is 155 Å². The molecule has 0 saturated carbocycles. The maximum atomic E-state index is 12.5. The zero-order valence-corrected chi connectivity index (χ0v) is 14.2. The molecular formula is C21H15N3O3. The minimum Gasteiger partial charge on any atom is -0.410 e. The Kier molecular flexibility index (Phi) is 4.22. The Bertz CT molecular complexity index is 1030. The maximum absolute atomic E-state index is 12.5. The molecule has 4 rings (SSSR count). The number of carbonyl (C=O) groups is 2. The third kappa shape index (κ3) is 2.97. The van der Waals surface area contributed by atoms with Crippen LogP contribution in [-0.2, 0) is 6.54 Å². The van der Waals surface area contributed by atoms with E-state index < -0.39 is 0 Å². The summed E-state index contributed by atoms with van der Waals surface area (Å²) >= 11 is 0. The van der Waals surface area contributed by atoms with Gasteiger partial charge in [0, 0.05) is 23.5 Å². The molecule has 0 atom stereocenters. The molecule has 132 valence electrons. The SMILES string of the molecule is O=C1c2ccccc2C(=O)N1Cc1cccc(/C(=N/O)c2ccncc2)c1. The topological polar surface area (TPSA) is 82.9 Å². The number of rotatable bonds is 4. The molecule has 1 aromatic heterocycles. The van der Waals surface area contributed by atoms with E-state index in [9.17, 15) is 14.8 Å². The van der Waals surface area contributed by atoms with Gasteiger partial charge >= 0.3 is 0 Å². The summed E-state index contributed by atoms with van der Waals surface area (Å²) in [5, 5.41) is 12.9. The van der Waals surface area contributed by atoms with Crippen LogP contribution in [0.4, 0.5) is 0 Å². The van der Waals surface area contributed by atoms with Crippen molar-refractivity contribution in [3.63, 3.8) is 0 Å². The standard InChI is InChI=1S/C21H15N3O3/c25-20-17-6-1-2-7-18(17)21(26)24(20)13-14-4-3-5-16(12-14)19(23-27)15-8-10-22-11-9-15/h1-12,27H,13H2/b23-19+. The van der Waals surface area contributed by atoms with Gasteiger partial charge in [0.1, 0.15) is 5.71 Å². The van der Waals surface area contributed by atoms with Crippen molar-refractivity contribution in [3.8, 4) is 0 Å². The lowest BCUT2D eigenvalue weighted by Gasteiger charge is -2.15. The molecule has 1 N–H and O–H groups in total. The molecule has 6 heteroatoms. The second kappa shape index (κ2) is 6.84. The molecule has 6 nitrogen and oxygen atoms in total. The Hall–Kier alpha value is -3.80. The van der Waals surface area contributed by atoms with Crippen LogP contribution >= 0.6 is 0 Å². The Balaban J connectivity index is 1.63. The van der Waals surface area contributed by atoms with Gasteiger partial charge in [-0.15, -0.1) is 0 Å². The number of carbonyl (C=O) groups excluding carboxylic acids is 2. The highest BCUT2D eigenvalue weighted by Crippen LogP contribution is 2.24. The van der Waals surface area contributed by atoms with Gasteiger partial charge < -0.3 is 5.21 Å². The first-order chi connectivity index (χ1) is 13.2. The molecule has 0 saturated heterocycles. The van der Waals surface area contributed by atoms with E-state index in [1.165, 1.54) is 4.90 Å². The van der Waals surface area contributed by atoms with Crippen LogP contribution in [0.3, 0.4) is 0 Å². The van der Waals surface area contributed by atoms with Crippen molar-refractivity contribution in [2.75, 3.05) is 0 Å². The van der Waals surface area contributed by atoms with Crippen molar-refractivity contribution < 1.29 is 14.8 Å². The Morgan fingerprint density at radius 1 is 0.889 bits per heavy atom. The third-order valence-electron chi connectivity index (χ3n) is 4.47. The molecular weight excluding hydrogens is 342 g/mol. The summed E-state index contributed by atoms with van der Waals surface area (Å²) in [6.07, 6.45) is 3.23. The van der Waals surface area contributed by atoms with Crippen molar-refractivity contribution in [1.29, 1.82) is 0 Å². The molecule has 0 aliphatic carbocycles. The third-order valence-corrected chi connectivity index (χ3v) is 4.47. The zero-order valence-electron chi connectivity index (χ0n) is 14.2. The lowest BCUT2D eigenvalue weighted by molar-refractivity contribution is 0.0642. The first-order valence-corrected chi connectivity index (χ1v) is 8.36. The number of hydrogen-bond donors (Lipinski definition) is 1. The number of amides is 2. The van der Waals surface area contributed by atoms with E-state index >= 15 is 0 Å².